The predicted molar refractivity (Wildman–Crippen MR) is 74.6 cm³/mol. The molecule has 0 aliphatic rings. The standard InChI is InChI=1S/C15H17FN2O3/c1-10-14(21-11(2)18-10)7-8-17-15(19)9-20-13-5-3-12(16)4-6-13/h3-6H,7-9H2,1-2H3,(H,17,19). The Kier molecular flexibility index (Phi) is 4.92. The lowest BCUT2D eigenvalue weighted by atomic mass is 10.3. The maximum Gasteiger partial charge on any atom is 0.257 e. The quantitative estimate of drug-likeness (QED) is 0.886. The fourth-order valence-electron chi connectivity index (χ4n) is 1.85. The van der Waals surface area contributed by atoms with Crippen LogP contribution in [0.25, 0.3) is 0 Å². The lowest BCUT2D eigenvalue weighted by Gasteiger charge is -2.07. The Morgan fingerprint density at radius 2 is 2.05 bits per heavy atom. The number of aryl methyl sites for hydroxylation is 2. The molecule has 0 saturated carbocycles. The summed E-state index contributed by atoms with van der Waals surface area (Å²) < 4.78 is 23.3. The third-order valence-electron chi connectivity index (χ3n) is 2.86. The molecule has 112 valence electrons. The van der Waals surface area contributed by atoms with Crippen molar-refractivity contribution in [2.24, 2.45) is 0 Å². The molecule has 1 aromatic carbocycles. The fraction of sp³-hybridized carbons (Fsp3) is 0.333. The van der Waals surface area contributed by atoms with Crippen molar-refractivity contribution in [3.63, 3.8) is 0 Å². The summed E-state index contributed by atoms with van der Waals surface area (Å²) in [6, 6.07) is 5.51. The largest absolute Gasteiger partial charge is 0.484 e. The van der Waals surface area contributed by atoms with Gasteiger partial charge >= 0.3 is 0 Å². The fourth-order valence-corrected chi connectivity index (χ4v) is 1.85. The average molecular weight is 292 g/mol. The zero-order valence-electron chi connectivity index (χ0n) is 12.0. The molecule has 0 atom stereocenters. The van der Waals surface area contributed by atoms with E-state index in [0.29, 0.717) is 24.6 Å². The highest BCUT2D eigenvalue weighted by Gasteiger charge is 2.08. The Morgan fingerprint density at radius 3 is 2.67 bits per heavy atom. The molecule has 21 heavy (non-hydrogen) atoms. The van der Waals surface area contributed by atoms with Gasteiger partial charge in [-0.15, -0.1) is 0 Å². The van der Waals surface area contributed by atoms with Crippen LogP contribution in [-0.4, -0.2) is 24.0 Å². The summed E-state index contributed by atoms with van der Waals surface area (Å²) in [6.45, 7) is 3.98. The molecule has 1 aromatic heterocycles. The van der Waals surface area contributed by atoms with Gasteiger partial charge in [-0.2, -0.15) is 0 Å². The first-order valence-corrected chi connectivity index (χ1v) is 6.62. The van der Waals surface area contributed by atoms with Crippen molar-refractivity contribution in [1.82, 2.24) is 10.3 Å². The lowest BCUT2D eigenvalue weighted by Crippen LogP contribution is -2.30. The molecule has 0 aliphatic carbocycles. The van der Waals surface area contributed by atoms with Gasteiger partial charge in [0.15, 0.2) is 12.5 Å². The summed E-state index contributed by atoms with van der Waals surface area (Å²) in [5.74, 6) is 1.26. The molecule has 1 N–H and O–H groups in total. The van der Waals surface area contributed by atoms with E-state index in [1.165, 1.54) is 24.3 Å². The van der Waals surface area contributed by atoms with Gasteiger partial charge in [0.1, 0.15) is 17.3 Å². The molecule has 1 heterocycles. The number of carbonyl (C=O) groups excluding carboxylic acids is 1. The van der Waals surface area contributed by atoms with Gasteiger partial charge < -0.3 is 14.5 Å². The smallest absolute Gasteiger partial charge is 0.257 e. The van der Waals surface area contributed by atoms with Gasteiger partial charge in [-0.3, -0.25) is 4.79 Å². The summed E-state index contributed by atoms with van der Waals surface area (Å²) in [6.07, 6.45) is 0.578. The molecule has 0 aliphatic heterocycles. The van der Waals surface area contributed by atoms with Crippen LogP contribution in [0.2, 0.25) is 0 Å². The zero-order chi connectivity index (χ0) is 15.2. The van der Waals surface area contributed by atoms with Crippen molar-refractivity contribution >= 4 is 5.91 Å². The van der Waals surface area contributed by atoms with E-state index in [1.807, 2.05) is 6.92 Å². The second-order valence-electron chi connectivity index (χ2n) is 4.58. The number of amides is 1. The molecule has 0 radical (unpaired) electrons. The predicted octanol–water partition coefficient (Wildman–Crippen LogP) is 2.17. The van der Waals surface area contributed by atoms with Crippen LogP contribution in [0.3, 0.4) is 0 Å². The monoisotopic (exact) mass is 292 g/mol. The molecule has 0 fully saturated rings. The Balaban J connectivity index is 1.70. The number of nitrogens with one attached hydrogen (secondary N) is 1. The number of halogens is 1. The molecule has 1 amide bonds. The highest BCUT2D eigenvalue weighted by atomic mass is 19.1. The first kappa shape index (κ1) is 15.0. The Bertz CT molecular complexity index is 608. The van der Waals surface area contributed by atoms with E-state index >= 15 is 0 Å². The number of oxazole rings is 1. The Morgan fingerprint density at radius 1 is 1.33 bits per heavy atom. The number of benzene rings is 1. The summed E-state index contributed by atoms with van der Waals surface area (Å²) >= 11 is 0. The van der Waals surface area contributed by atoms with Crippen LogP contribution in [0, 0.1) is 19.7 Å². The molecule has 0 saturated heterocycles. The Hall–Kier alpha value is -2.37. The minimum atomic E-state index is -0.343. The van der Waals surface area contributed by atoms with E-state index in [2.05, 4.69) is 10.3 Å². The van der Waals surface area contributed by atoms with Crippen molar-refractivity contribution in [1.29, 1.82) is 0 Å². The first-order valence-electron chi connectivity index (χ1n) is 6.62. The van der Waals surface area contributed by atoms with E-state index in [0.717, 1.165) is 11.5 Å². The lowest BCUT2D eigenvalue weighted by molar-refractivity contribution is -0.123. The van der Waals surface area contributed by atoms with Crippen molar-refractivity contribution in [3.05, 3.63) is 47.4 Å². The summed E-state index contributed by atoms with van der Waals surface area (Å²) in [4.78, 5) is 15.8. The molecular formula is C15H17FN2O3. The number of hydrogen-bond donors (Lipinski definition) is 1. The SMILES string of the molecule is Cc1nc(C)c(CCNC(=O)COc2ccc(F)cc2)o1. The Labute approximate surface area is 122 Å². The van der Waals surface area contributed by atoms with Crippen LogP contribution < -0.4 is 10.1 Å². The van der Waals surface area contributed by atoms with Crippen molar-refractivity contribution in [2.45, 2.75) is 20.3 Å². The number of ether oxygens (including phenoxy) is 1. The highest BCUT2D eigenvalue weighted by Crippen LogP contribution is 2.11. The second-order valence-corrected chi connectivity index (χ2v) is 4.58. The molecule has 0 bridgehead atoms. The van der Waals surface area contributed by atoms with Crippen LogP contribution in [-0.2, 0) is 11.2 Å². The van der Waals surface area contributed by atoms with Gasteiger partial charge in [-0.1, -0.05) is 0 Å². The van der Waals surface area contributed by atoms with Crippen LogP contribution in [0.1, 0.15) is 17.3 Å². The molecule has 0 spiro atoms. The van der Waals surface area contributed by atoms with E-state index < -0.39 is 0 Å². The van der Waals surface area contributed by atoms with Gasteiger partial charge in [0.05, 0.1) is 5.69 Å². The normalized spacial score (nSPS) is 10.4. The van der Waals surface area contributed by atoms with E-state index in [4.69, 9.17) is 9.15 Å². The molecule has 6 heteroatoms. The molecular weight excluding hydrogens is 275 g/mol. The third kappa shape index (κ3) is 4.59. The van der Waals surface area contributed by atoms with Gasteiger partial charge in [-0.25, -0.2) is 9.37 Å². The topological polar surface area (TPSA) is 64.4 Å². The van der Waals surface area contributed by atoms with E-state index in [9.17, 15) is 9.18 Å². The zero-order valence-corrected chi connectivity index (χ0v) is 12.0. The minimum Gasteiger partial charge on any atom is -0.484 e. The van der Waals surface area contributed by atoms with Gasteiger partial charge in [0.25, 0.3) is 5.91 Å². The number of rotatable bonds is 6. The average Bonchev–Trinajstić information content (AvgIpc) is 2.76. The maximum atomic E-state index is 12.7. The highest BCUT2D eigenvalue weighted by molar-refractivity contribution is 5.77. The van der Waals surface area contributed by atoms with Crippen LogP contribution in [0.5, 0.6) is 5.75 Å². The van der Waals surface area contributed by atoms with Crippen molar-refractivity contribution in [2.75, 3.05) is 13.2 Å². The summed E-state index contributed by atoms with van der Waals surface area (Å²) in [7, 11) is 0. The summed E-state index contributed by atoms with van der Waals surface area (Å²) in [5.41, 5.74) is 0.837. The van der Waals surface area contributed by atoms with Crippen molar-refractivity contribution < 1.29 is 18.3 Å². The third-order valence-corrected chi connectivity index (χ3v) is 2.86. The van der Waals surface area contributed by atoms with Crippen LogP contribution in [0.4, 0.5) is 4.39 Å². The van der Waals surface area contributed by atoms with E-state index in [1.54, 1.807) is 6.92 Å². The van der Waals surface area contributed by atoms with Gasteiger partial charge in [0.2, 0.25) is 0 Å². The summed E-state index contributed by atoms with van der Waals surface area (Å²) in [5, 5.41) is 2.72. The number of carbonyl (C=O) groups is 1. The second kappa shape index (κ2) is 6.88. The van der Waals surface area contributed by atoms with Crippen molar-refractivity contribution in [3.8, 4) is 5.75 Å². The van der Waals surface area contributed by atoms with E-state index in [-0.39, 0.29) is 18.3 Å². The number of aromatic nitrogens is 1. The molecule has 5 nitrogen and oxygen atoms in total. The number of nitrogens with zero attached hydrogens (tertiary/aromatic N) is 1. The van der Waals surface area contributed by atoms with Crippen LogP contribution >= 0.6 is 0 Å². The molecule has 2 aromatic rings. The molecule has 0 unspecified atom stereocenters. The minimum absolute atomic E-state index is 0.111. The maximum absolute atomic E-state index is 12.7. The first-order chi connectivity index (χ1) is 10.0. The van der Waals surface area contributed by atoms with Crippen LogP contribution in [0.15, 0.2) is 28.7 Å². The van der Waals surface area contributed by atoms with Gasteiger partial charge in [-0.05, 0) is 31.2 Å². The number of hydrogen-bond acceptors (Lipinski definition) is 4. The molecule has 2 rings (SSSR count). The van der Waals surface area contributed by atoms with Gasteiger partial charge in [0, 0.05) is 19.9 Å².